The Bertz CT molecular complexity index is 397. The van der Waals surface area contributed by atoms with E-state index in [1.165, 1.54) is 12.1 Å². The highest BCUT2D eigenvalue weighted by molar-refractivity contribution is 5.70. The zero-order chi connectivity index (χ0) is 12.3. The molecule has 2 nitrogen and oxygen atoms in total. The maximum Gasteiger partial charge on any atom is 0.416 e. The largest absolute Gasteiger partial charge is 0.481 e. The lowest BCUT2D eigenvalue weighted by atomic mass is 10.00. The van der Waals surface area contributed by atoms with Crippen molar-refractivity contribution in [1.29, 1.82) is 0 Å². The predicted molar refractivity (Wildman–Crippen MR) is 52.2 cm³/mol. The van der Waals surface area contributed by atoms with E-state index in [2.05, 4.69) is 0 Å². The molecular formula is C11H11F3O2. The molecule has 1 N–H and O–H groups in total. The molecular weight excluding hydrogens is 221 g/mol. The van der Waals surface area contributed by atoms with Crippen molar-refractivity contribution in [1.82, 2.24) is 0 Å². The number of carbonyl (C=O) groups is 1. The Labute approximate surface area is 90.7 Å². The summed E-state index contributed by atoms with van der Waals surface area (Å²) in [7, 11) is 0. The molecule has 0 radical (unpaired) electrons. The van der Waals surface area contributed by atoms with Gasteiger partial charge < -0.3 is 5.11 Å². The van der Waals surface area contributed by atoms with Crippen LogP contribution in [-0.2, 0) is 23.8 Å². The van der Waals surface area contributed by atoms with Gasteiger partial charge in [-0.2, -0.15) is 13.2 Å². The van der Waals surface area contributed by atoms with Gasteiger partial charge in [0.1, 0.15) is 0 Å². The fourth-order valence-electron chi connectivity index (χ4n) is 1.48. The van der Waals surface area contributed by atoms with Crippen molar-refractivity contribution >= 4 is 5.97 Å². The van der Waals surface area contributed by atoms with Crippen LogP contribution in [0.5, 0.6) is 0 Å². The molecule has 1 aromatic carbocycles. The molecule has 1 rings (SSSR count). The SMILES string of the molecule is CCc1ccc(CC(=O)O)cc1C(F)(F)F. The van der Waals surface area contributed by atoms with Crippen LogP contribution in [0.4, 0.5) is 13.2 Å². The van der Waals surface area contributed by atoms with Crippen molar-refractivity contribution in [2.75, 3.05) is 0 Å². The van der Waals surface area contributed by atoms with Gasteiger partial charge in [-0.05, 0) is 23.6 Å². The minimum Gasteiger partial charge on any atom is -0.481 e. The summed E-state index contributed by atoms with van der Waals surface area (Å²) in [6, 6.07) is 3.66. The Kier molecular flexibility index (Phi) is 3.57. The third kappa shape index (κ3) is 2.98. The van der Waals surface area contributed by atoms with Crippen LogP contribution < -0.4 is 0 Å². The van der Waals surface area contributed by atoms with Gasteiger partial charge in [0.15, 0.2) is 0 Å². The summed E-state index contributed by atoms with van der Waals surface area (Å²) in [6.07, 6.45) is -4.56. The first-order valence-corrected chi connectivity index (χ1v) is 4.75. The Morgan fingerprint density at radius 3 is 2.44 bits per heavy atom. The molecule has 0 saturated heterocycles. The fourth-order valence-corrected chi connectivity index (χ4v) is 1.48. The first-order valence-electron chi connectivity index (χ1n) is 4.75. The minimum absolute atomic E-state index is 0.164. The lowest BCUT2D eigenvalue weighted by Gasteiger charge is -2.12. The van der Waals surface area contributed by atoms with Crippen LogP contribution in [0.15, 0.2) is 18.2 Å². The highest BCUT2D eigenvalue weighted by Crippen LogP contribution is 2.33. The number of alkyl halides is 3. The van der Waals surface area contributed by atoms with Crippen molar-refractivity contribution in [2.24, 2.45) is 0 Å². The van der Waals surface area contributed by atoms with Crippen molar-refractivity contribution in [3.63, 3.8) is 0 Å². The molecule has 0 atom stereocenters. The molecule has 88 valence electrons. The van der Waals surface area contributed by atoms with Crippen LogP contribution in [0.25, 0.3) is 0 Å². The summed E-state index contributed by atoms with van der Waals surface area (Å²) in [5.74, 6) is -1.14. The van der Waals surface area contributed by atoms with Crippen LogP contribution in [0.1, 0.15) is 23.6 Å². The summed E-state index contributed by atoms with van der Waals surface area (Å²) in [5.41, 5.74) is -0.396. The lowest BCUT2D eigenvalue weighted by molar-refractivity contribution is -0.139. The van der Waals surface area contributed by atoms with Gasteiger partial charge in [-0.1, -0.05) is 19.1 Å². The number of hydrogen-bond donors (Lipinski definition) is 1. The zero-order valence-corrected chi connectivity index (χ0v) is 8.64. The van der Waals surface area contributed by atoms with E-state index in [0.717, 1.165) is 6.07 Å². The molecule has 0 bridgehead atoms. The van der Waals surface area contributed by atoms with E-state index in [1.54, 1.807) is 6.92 Å². The van der Waals surface area contributed by atoms with Gasteiger partial charge in [0.2, 0.25) is 0 Å². The zero-order valence-electron chi connectivity index (χ0n) is 8.64. The second-order valence-electron chi connectivity index (χ2n) is 3.41. The molecule has 0 aliphatic rings. The number of halogens is 3. The second-order valence-corrected chi connectivity index (χ2v) is 3.41. The Morgan fingerprint density at radius 2 is 2.00 bits per heavy atom. The third-order valence-electron chi connectivity index (χ3n) is 2.22. The maximum absolute atomic E-state index is 12.6. The van der Waals surface area contributed by atoms with Gasteiger partial charge in [0, 0.05) is 0 Å². The fraction of sp³-hybridized carbons (Fsp3) is 0.364. The number of aryl methyl sites for hydroxylation is 1. The molecule has 1 aromatic rings. The molecule has 0 unspecified atom stereocenters. The topological polar surface area (TPSA) is 37.3 Å². The van der Waals surface area contributed by atoms with Crippen molar-refractivity contribution in [3.05, 3.63) is 34.9 Å². The van der Waals surface area contributed by atoms with Crippen molar-refractivity contribution in [2.45, 2.75) is 25.9 Å². The average Bonchev–Trinajstić information content (AvgIpc) is 2.15. The standard InChI is InChI=1S/C11H11F3O2/c1-2-8-4-3-7(6-10(15)16)5-9(8)11(12,13)14/h3-5H,2,6H2,1H3,(H,15,16). The number of carboxylic acid groups (broad SMARTS) is 1. The average molecular weight is 232 g/mol. The monoisotopic (exact) mass is 232 g/mol. The van der Waals surface area contributed by atoms with Crippen molar-refractivity contribution in [3.8, 4) is 0 Å². The Balaban J connectivity index is 3.16. The van der Waals surface area contributed by atoms with E-state index >= 15 is 0 Å². The van der Waals surface area contributed by atoms with E-state index < -0.39 is 24.1 Å². The van der Waals surface area contributed by atoms with Crippen LogP contribution in [-0.4, -0.2) is 11.1 Å². The van der Waals surface area contributed by atoms with E-state index in [1.807, 2.05) is 0 Å². The number of benzene rings is 1. The van der Waals surface area contributed by atoms with Crippen LogP contribution >= 0.6 is 0 Å². The van der Waals surface area contributed by atoms with Gasteiger partial charge in [-0.3, -0.25) is 4.79 Å². The summed E-state index contributed by atoms with van der Waals surface area (Å²) >= 11 is 0. The van der Waals surface area contributed by atoms with Crippen molar-refractivity contribution < 1.29 is 23.1 Å². The molecule has 0 aromatic heterocycles. The molecule has 0 fully saturated rings. The van der Waals surface area contributed by atoms with Crippen LogP contribution in [0, 0.1) is 0 Å². The smallest absolute Gasteiger partial charge is 0.416 e. The number of carboxylic acids is 1. The minimum atomic E-state index is -4.43. The molecule has 0 aliphatic heterocycles. The second kappa shape index (κ2) is 4.55. The van der Waals surface area contributed by atoms with E-state index in [4.69, 9.17) is 5.11 Å². The quantitative estimate of drug-likeness (QED) is 0.869. The molecule has 0 aliphatic carbocycles. The molecule has 0 heterocycles. The van der Waals surface area contributed by atoms with Gasteiger partial charge in [-0.25, -0.2) is 0 Å². The molecule has 16 heavy (non-hydrogen) atoms. The number of aliphatic carboxylic acids is 1. The summed E-state index contributed by atoms with van der Waals surface area (Å²) < 4.78 is 37.8. The molecule has 0 amide bonds. The highest BCUT2D eigenvalue weighted by Gasteiger charge is 2.33. The summed E-state index contributed by atoms with van der Waals surface area (Å²) in [4.78, 5) is 10.4. The van der Waals surface area contributed by atoms with E-state index in [-0.39, 0.29) is 17.5 Å². The summed E-state index contributed by atoms with van der Waals surface area (Å²) in [6.45, 7) is 1.63. The Morgan fingerprint density at radius 1 is 1.38 bits per heavy atom. The van der Waals surface area contributed by atoms with Gasteiger partial charge in [-0.15, -0.1) is 0 Å². The van der Waals surface area contributed by atoms with Gasteiger partial charge >= 0.3 is 12.1 Å². The molecule has 0 saturated carbocycles. The first-order chi connectivity index (χ1) is 7.34. The number of hydrogen-bond acceptors (Lipinski definition) is 1. The van der Waals surface area contributed by atoms with E-state index in [0.29, 0.717) is 0 Å². The van der Waals surface area contributed by atoms with Crippen LogP contribution in [0.3, 0.4) is 0 Å². The van der Waals surface area contributed by atoms with Gasteiger partial charge in [0.25, 0.3) is 0 Å². The number of rotatable bonds is 3. The summed E-state index contributed by atoms with van der Waals surface area (Å²) in [5, 5.41) is 8.51. The lowest BCUT2D eigenvalue weighted by Crippen LogP contribution is -2.10. The van der Waals surface area contributed by atoms with Crippen LogP contribution in [0.2, 0.25) is 0 Å². The normalized spacial score (nSPS) is 11.5. The molecule has 0 spiro atoms. The predicted octanol–water partition coefficient (Wildman–Crippen LogP) is 2.89. The Hall–Kier alpha value is -1.52. The van der Waals surface area contributed by atoms with E-state index in [9.17, 15) is 18.0 Å². The molecule has 5 heteroatoms. The first kappa shape index (κ1) is 12.5. The highest BCUT2D eigenvalue weighted by atomic mass is 19.4. The van der Waals surface area contributed by atoms with Gasteiger partial charge in [0.05, 0.1) is 12.0 Å². The third-order valence-corrected chi connectivity index (χ3v) is 2.22. The maximum atomic E-state index is 12.6.